The molecule has 0 amide bonds. The number of rotatable bonds is 4. The van der Waals surface area contributed by atoms with Gasteiger partial charge in [0.05, 0.1) is 12.8 Å². The number of ether oxygens (including phenoxy) is 2. The third kappa shape index (κ3) is 2.32. The highest BCUT2D eigenvalue weighted by Gasteiger charge is 2.25. The van der Waals surface area contributed by atoms with Crippen LogP contribution in [0.15, 0.2) is 35.4 Å². The molecule has 1 aliphatic carbocycles. The summed E-state index contributed by atoms with van der Waals surface area (Å²) in [5, 5.41) is 0. The Hall–Kier alpha value is -2.50. The zero-order chi connectivity index (χ0) is 14.1. The van der Waals surface area contributed by atoms with E-state index in [-0.39, 0.29) is 17.5 Å². The van der Waals surface area contributed by atoms with Crippen molar-refractivity contribution in [1.29, 1.82) is 0 Å². The molecule has 20 heavy (non-hydrogen) atoms. The van der Waals surface area contributed by atoms with Gasteiger partial charge in [0.1, 0.15) is 5.75 Å². The lowest BCUT2D eigenvalue weighted by Gasteiger charge is -2.10. The van der Waals surface area contributed by atoms with Crippen molar-refractivity contribution < 1.29 is 9.47 Å². The third-order valence-electron chi connectivity index (χ3n) is 3.20. The molecule has 3 rings (SSSR count). The van der Waals surface area contributed by atoms with Crippen molar-refractivity contribution in [1.82, 2.24) is 9.55 Å². The Balaban J connectivity index is 1.95. The fraction of sp³-hybridized carbons (Fsp3) is 0.286. The smallest absolute Gasteiger partial charge is 0.313 e. The second kappa shape index (κ2) is 4.88. The lowest BCUT2D eigenvalue weighted by molar-refractivity contribution is 0.406. The van der Waals surface area contributed by atoms with E-state index in [0.717, 1.165) is 12.8 Å². The summed E-state index contributed by atoms with van der Waals surface area (Å²) < 4.78 is 12.3. The second-order valence-electron chi connectivity index (χ2n) is 4.68. The molecule has 1 heterocycles. The van der Waals surface area contributed by atoms with E-state index >= 15 is 0 Å². The number of methoxy groups -OCH3 is 1. The van der Waals surface area contributed by atoms with E-state index in [4.69, 9.17) is 15.2 Å². The molecule has 0 spiro atoms. The first-order valence-electron chi connectivity index (χ1n) is 6.37. The summed E-state index contributed by atoms with van der Waals surface area (Å²) in [6.07, 6.45) is 5.28. The number of nitrogen functional groups attached to an aromatic ring is 1. The van der Waals surface area contributed by atoms with E-state index in [2.05, 4.69) is 4.98 Å². The number of hydrogen-bond donors (Lipinski definition) is 1. The van der Waals surface area contributed by atoms with Gasteiger partial charge in [-0.25, -0.2) is 4.98 Å². The van der Waals surface area contributed by atoms with Crippen LogP contribution in [0.5, 0.6) is 17.4 Å². The van der Waals surface area contributed by atoms with E-state index in [1.54, 1.807) is 42.3 Å². The third-order valence-corrected chi connectivity index (χ3v) is 3.20. The van der Waals surface area contributed by atoms with Gasteiger partial charge in [-0.15, -0.1) is 0 Å². The molecule has 104 valence electrons. The maximum Gasteiger partial charge on any atom is 0.313 e. The Morgan fingerprint density at radius 3 is 2.90 bits per heavy atom. The van der Waals surface area contributed by atoms with E-state index in [9.17, 15) is 4.79 Å². The quantitative estimate of drug-likeness (QED) is 0.861. The van der Waals surface area contributed by atoms with Crippen molar-refractivity contribution in [2.75, 3.05) is 12.8 Å². The minimum Gasteiger partial charge on any atom is -0.497 e. The molecular weight excluding hydrogens is 258 g/mol. The van der Waals surface area contributed by atoms with Crippen LogP contribution in [0.1, 0.15) is 18.9 Å². The summed E-state index contributed by atoms with van der Waals surface area (Å²) in [6.45, 7) is 0. The van der Waals surface area contributed by atoms with Gasteiger partial charge in [-0.05, 0) is 25.0 Å². The van der Waals surface area contributed by atoms with E-state index in [1.165, 1.54) is 0 Å². The Morgan fingerprint density at radius 1 is 1.40 bits per heavy atom. The average Bonchev–Trinajstić information content (AvgIpc) is 3.28. The van der Waals surface area contributed by atoms with Gasteiger partial charge in [-0.1, -0.05) is 0 Å². The highest BCUT2D eigenvalue weighted by atomic mass is 16.5. The van der Waals surface area contributed by atoms with Gasteiger partial charge in [0.15, 0.2) is 5.75 Å². The standard InChI is InChI=1S/C14H15N3O3/c1-19-10-4-5-11(15)12(8-10)20-13-14(18)17(7-6-16-13)9-2-3-9/h4-9H,2-3,15H2,1H3. The summed E-state index contributed by atoms with van der Waals surface area (Å²) in [4.78, 5) is 16.2. The molecule has 0 atom stereocenters. The van der Waals surface area contributed by atoms with Gasteiger partial charge in [0.25, 0.3) is 5.88 Å². The molecule has 2 N–H and O–H groups in total. The first kappa shape index (κ1) is 12.5. The minimum absolute atomic E-state index is 0.0272. The summed E-state index contributed by atoms with van der Waals surface area (Å²) >= 11 is 0. The fourth-order valence-electron chi connectivity index (χ4n) is 1.95. The first-order valence-corrected chi connectivity index (χ1v) is 6.37. The highest BCUT2D eigenvalue weighted by molar-refractivity contribution is 5.56. The predicted molar refractivity (Wildman–Crippen MR) is 74.2 cm³/mol. The van der Waals surface area contributed by atoms with Gasteiger partial charge in [-0.2, -0.15) is 0 Å². The lowest BCUT2D eigenvalue weighted by Crippen LogP contribution is -2.20. The topological polar surface area (TPSA) is 79.4 Å². The van der Waals surface area contributed by atoms with Gasteiger partial charge >= 0.3 is 5.56 Å². The number of hydrogen-bond acceptors (Lipinski definition) is 5. The van der Waals surface area contributed by atoms with Crippen LogP contribution in [-0.2, 0) is 0 Å². The summed E-state index contributed by atoms with van der Waals surface area (Å²) in [7, 11) is 1.55. The van der Waals surface area contributed by atoms with Crippen molar-refractivity contribution in [3.63, 3.8) is 0 Å². The normalized spacial score (nSPS) is 14.1. The Morgan fingerprint density at radius 2 is 2.20 bits per heavy atom. The summed E-state index contributed by atoms with van der Waals surface area (Å²) in [6, 6.07) is 5.29. The molecular formula is C14H15N3O3. The first-order chi connectivity index (χ1) is 9.69. The maximum atomic E-state index is 12.2. The summed E-state index contributed by atoms with van der Waals surface area (Å²) in [5.41, 5.74) is 6.02. The highest BCUT2D eigenvalue weighted by Crippen LogP contribution is 2.34. The zero-order valence-electron chi connectivity index (χ0n) is 11.1. The van der Waals surface area contributed by atoms with Gasteiger partial charge in [0.2, 0.25) is 0 Å². The number of benzene rings is 1. The van der Waals surface area contributed by atoms with Crippen molar-refractivity contribution in [3.05, 3.63) is 40.9 Å². The summed E-state index contributed by atoms with van der Waals surface area (Å²) in [5.74, 6) is 0.995. The van der Waals surface area contributed by atoms with Crippen molar-refractivity contribution in [2.45, 2.75) is 18.9 Å². The molecule has 1 aliphatic rings. The van der Waals surface area contributed by atoms with Crippen LogP contribution >= 0.6 is 0 Å². The molecule has 6 heteroatoms. The molecule has 1 fully saturated rings. The van der Waals surface area contributed by atoms with E-state index in [0.29, 0.717) is 17.2 Å². The van der Waals surface area contributed by atoms with Crippen LogP contribution in [0.4, 0.5) is 5.69 Å². The minimum atomic E-state index is -0.239. The molecule has 1 aromatic carbocycles. The van der Waals surface area contributed by atoms with Crippen molar-refractivity contribution >= 4 is 5.69 Å². The van der Waals surface area contributed by atoms with Crippen LogP contribution in [0, 0.1) is 0 Å². The molecule has 1 saturated carbocycles. The molecule has 1 aromatic heterocycles. The van der Waals surface area contributed by atoms with Crippen LogP contribution < -0.4 is 20.8 Å². The molecule has 0 saturated heterocycles. The molecule has 0 radical (unpaired) electrons. The van der Waals surface area contributed by atoms with Gasteiger partial charge < -0.3 is 19.8 Å². The van der Waals surface area contributed by atoms with E-state index in [1.807, 2.05) is 0 Å². The largest absolute Gasteiger partial charge is 0.497 e. The van der Waals surface area contributed by atoms with Crippen LogP contribution in [-0.4, -0.2) is 16.7 Å². The van der Waals surface area contributed by atoms with Crippen molar-refractivity contribution in [2.24, 2.45) is 0 Å². The molecule has 0 aliphatic heterocycles. The number of nitrogens with zero attached hydrogens (tertiary/aromatic N) is 2. The predicted octanol–water partition coefficient (Wildman–Crippen LogP) is 1.96. The van der Waals surface area contributed by atoms with Gasteiger partial charge in [0, 0.05) is 24.5 Å². The second-order valence-corrected chi connectivity index (χ2v) is 4.68. The zero-order valence-corrected chi connectivity index (χ0v) is 11.1. The Labute approximate surface area is 115 Å². The molecule has 0 unspecified atom stereocenters. The van der Waals surface area contributed by atoms with Crippen LogP contribution in [0.3, 0.4) is 0 Å². The Kier molecular flexibility index (Phi) is 3.06. The van der Waals surface area contributed by atoms with Crippen LogP contribution in [0.25, 0.3) is 0 Å². The maximum absolute atomic E-state index is 12.2. The van der Waals surface area contributed by atoms with E-state index < -0.39 is 0 Å². The average molecular weight is 273 g/mol. The Bertz CT molecular complexity index is 692. The fourth-order valence-corrected chi connectivity index (χ4v) is 1.95. The number of nitrogens with two attached hydrogens (primary N) is 1. The SMILES string of the molecule is COc1ccc(N)c(Oc2nccn(C3CC3)c2=O)c1. The van der Waals surface area contributed by atoms with Gasteiger partial charge in [-0.3, -0.25) is 4.79 Å². The molecule has 0 bridgehead atoms. The number of anilines is 1. The molecule has 6 nitrogen and oxygen atoms in total. The number of aromatic nitrogens is 2. The lowest BCUT2D eigenvalue weighted by atomic mass is 10.3. The monoisotopic (exact) mass is 273 g/mol. The van der Waals surface area contributed by atoms with Crippen LogP contribution in [0.2, 0.25) is 0 Å². The molecule has 2 aromatic rings. The van der Waals surface area contributed by atoms with Crippen molar-refractivity contribution in [3.8, 4) is 17.4 Å².